The minimum absolute atomic E-state index is 0.0938. The Bertz CT molecular complexity index is 65.5. The van der Waals surface area contributed by atoms with Crippen molar-refractivity contribution in [3.05, 3.63) is 0 Å². The van der Waals surface area contributed by atoms with Crippen molar-refractivity contribution < 1.29 is 20.4 Å². The highest BCUT2D eigenvalue weighted by atomic mass is 16.3. The SMILES string of the molecule is CC(O)CC(C)O.OCCCO. The maximum atomic E-state index is 8.56. The Morgan fingerprint density at radius 1 is 0.917 bits per heavy atom. The number of hydrogen-bond acceptors (Lipinski definition) is 4. The summed E-state index contributed by atoms with van der Waals surface area (Å²) in [7, 11) is 0. The van der Waals surface area contributed by atoms with Crippen molar-refractivity contribution in [2.45, 2.75) is 38.9 Å². The van der Waals surface area contributed by atoms with Crippen LogP contribution in [0.15, 0.2) is 0 Å². The molecule has 0 aliphatic rings. The van der Waals surface area contributed by atoms with E-state index in [4.69, 9.17) is 20.4 Å². The molecule has 76 valence electrons. The van der Waals surface area contributed by atoms with Gasteiger partial charge in [0.05, 0.1) is 12.2 Å². The van der Waals surface area contributed by atoms with Gasteiger partial charge in [0.15, 0.2) is 0 Å². The number of aliphatic hydroxyl groups excluding tert-OH is 4. The third-order valence-electron chi connectivity index (χ3n) is 0.998. The van der Waals surface area contributed by atoms with E-state index in [-0.39, 0.29) is 25.4 Å². The molecule has 0 aromatic rings. The predicted octanol–water partition coefficient (Wildman–Crippen LogP) is -0.501. The second-order valence-corrected chi connectivity index (χ2v) is 2.73. The third kappa shape index (κ3) is 22.5. The number of hydrogen-bond donors (Lipinski definition) is 4. The van der Waals surface area contributed by atoms with E-state index in [0.717, 1.165) is 0 Å². The Labute approximate surface area is 73.5 Å². The molecule has 12 heavy (non-hydrogen) atoms. The van der Waals surface area contributed by atoms with Crippen LogP contribution in [0.1, 0.15) is 26.7 Å². The van der Waals surface area contributed by atoms with Crippen LogP contribution >= 0.6 is 0 Å². The summed E-state index contributed by atoms with van der Waals surface area (Å²) in [4.78, 5) is 0. The fourth-order valence-electron chi connectivity index (χ4n) is 0.564. The Balaban J connectivity index is 0. The molecular weight excluding hydrogens is 160 g/mol. The molecule has 4 nitrogen and oxygen atoms in total. The molecule has 0 aromatic heterocycles. The molecular formula is C8H20O4. The van der Waals surface area contributed by atoms with Crippen LogP contribution in [0.25, 0.3) is 0 Å². The van der Waals surface area contributed by atoms with Crippen LogP contribution in [0.5, 0.6) is 0 Å². The molecule has 2 unspecified atom stereocenters. The van der Waals surface area contributed by atoms with Gasteiger partial charge in [0, 0.05) is 13.2 Å². The summed E-state index contributed by atoms with van der Waals surface area (Å²) in [5.41, 5.74) is 0. The first-order valence-corrected chi connectivity index (χ1v) is 4.12. The smallest absolute Gasteiger partial charge is 0.0536 e. The third-order valence-corrected chi connectivity index (χ3v) is 0.998. The van der Waals surface area contributed by atoms with Crippen molar-refractivity contribution >= 4 is 0 Å². The highest BCUT2D eigenvalue weighted by Crippen LogP contribution is 1.93. The quantitative estimate of drug-likeness (QED) is 0.470. The number of rotatable bonds is 4. The van der Waals surface area contributed by atoms with Gasteiger partial charge < -0.3 is 20.4 Å². The van der Waals surface area contributed by atoms with Crippen molar-refractivity contribution in [3.63, 3.8) is 0 Å². The van der Waals surface area contributed by atoms with E-state index in [0.29, 0.717) is 12.8 Å². The molecule has 0 amide bonds. The van der Waals surface area contributed by atoms with E-state index in [9.17, 15) is 0 Å². The van der Waals surface area contributed by atoms with E-state index >= 15 is 0 Å². The van der Waals surface area contributed by atoms with Crippen molar-refractivity contribution in [1.82, 2.24) is 0 Å². The minimum atomic E-state index is -0.375. The Morgan fingerprint density at radius 2 is 1.25 bits per heavy atom. The summed E-state index contributed by atoms with van der Waals surface area (Å²) in [6.45, 7) is 3.51. The average Bonchev–Trinajstić information content (AvgIpc) is 1.87. The van der Waals surface area contributed by atoms with Gasteiger partial charge in [-0.25, -0.2) is 0 Å². The van der Waals surface area contributed by atoms with Gasteiger partial charge in [-0.2, -0.15) is 0 Å². The molecule has 0 saturated carbocycles. The minimum Gasteiger partial charge on any atom is -0.396 e. The van der Waals surface area contributed by atoms with Gasteiger partial charge in [-0.1, -0.05) is 0 Å². The average molecular weight is 180 g/mol. The van der Waals surface area contributed by atoms with Crippen molar-refractivity contribution in [2.75, 3.05) is 13.2 Å². The van der Waals surface area contributed by atoms with Gasteiger partial charge in [-0.15, -0.1) is 0 Å². The second kappa shape index (κ2) is 10.8. The lowest BCUT2D eigenvalue weighted by Crippen LogP contribution is -2.10. The van der Waals surface area contributed by atoms with Gasteiger partial charge in [0.25, 0.3) is 0 Å². The van der Waals surface area contributed by atoms with Crippen LogP contribution in [-0.2, 0) is 0 Å². The van der Waals surface area contributed by atoms with Crippen LogP contribution in [0.4, 0.5) is 0 Å². The first-order chi connectivity index (χ1) is 5.54. The molecule has 0 radical (unpaired) electrons. The lowest BCUT2D eigenvalue weighted by atomic mass is 10.2. The van der Waals surface area contributed by atoms with E-state index in [1.807, 2.05) is 0 Å². The fraction of sp³-hybridized carbons (Fsp3) is 1.00. The van der Waals surface area contributed by atoms with E-state index in [1.165, 1.54) is 0 Å². The van der Waals surface area contributed by atoms with Crippen molar-refractivity contribution in [1.29, 1.82) is 0 Å². The molecule has 0 fully saturated rings. The molecule has 0 spiro atoms. The molecule has 0 rings (SSSR count). The van der Waals surface area contributed by atoms with Crippen LogP contribution in [0.3, 0.4) is 0 Å². The van der Waals surface area contributed by atoms with Crippen LogP contribution in [0, 0.1) is 0 Å². The van der Waals surface area contributed by atoms with Crippen LogP contribution in [-0.4, -0.2) is 45.8 Å². The molecule has 0 heterocycles. The Hall–Kier alpha value is -0.160. The monoisotopic (exact) mass is 180 g/mol. The Morgan fingerprint density at radius 3 is 1.25 bits per heavy atom. The zero-order valence-corrected chi connectivity index (χ0v) is 7.77. The van der Waals surface area contributed by atoms with E-state index in [1.54, 1.807) is 13.8 Å². The highest BCUT2D eigenvalue weighted by molar-refractivity contribution is 4.51. The summed E-state index contributed by atoms with van der Waals surface area (Å²) in [6.07, 6.45) is 0.222. The van der Waals surface area contributed by atoms with Gasteiger partial charge in [-0.3, -0.25) is 0 Å². The maximum absolute atomic E-state index is 8.56. The van der Waals surface area contributed by atoms with Crippen LogP contribution in [0.2, 0.25) is 0 Å². The van der Waals surface area contributed by atoms with Gasteiger partial charge in [-0.05, 0) is 26.7 Å². The second-order valence-electron chi connectivity index (χ2n) is 2.73. The lowest BCUT2D eigenvalue weighted by Gasteiger charge is -2.04. The molecule has 0 bridgehead atoms. The normalized spacial score (nSPS) is 14.5. The van der Waals surface area contributed by atoms with Crippen molar-refractivity contribution in [2.24, 2.45) is 0 Å². The lowest BCUT2D eigenvalue weighted by molar-refractivity contribution is 0.102. The van der Waals surface area contributed by atoms with Gasteiger partial charge in [0.1, 0.15) is 0 Å². The summed E-state index contributed by atoms with van der Waals surface area (Å²) >= 11 is 0. The molecule has 4 heteroatoms. The first kappa shape index (κ1) is 14.4. The van der Waals surface area contributed by atoms with Gasteiger partial charge in [0.2, 0.25) is 0 Å². The van der Waals surface area contributed by atoms with Gasteiger partial charge >= 0.3 is 0 Å². The summed E-state index contributed by atoms with van der Waals surface area (Å²) < 4.78 is 0. The Kier molecular flexibility index (Phi) is 13.0. The summed E-state index contributed by atoms with van der Waals surface area (Å²) in [5.74, 6) is 0. The fourth-order valence-corrected chi connectivity index (χ4v) is 0.564. The zero-order valence-electron chi connectivity index (χ0n) is 7.77. The summed E-state index contributed by atoms with van der Waals surface area (Å²) in [6, 6.07) is 0. The number of aliphatic hydroxyl groups is 4. The summed E-state index contributed by atoms with van der Waals surface area (Å²) in [5, 5.41) is 32.9. The largest absolute Gasteiger partial charge is 0.396 e. The molecule has 0 aliphatic heterocycles. The van der Waals surface area contributed by atoms with Crippen molar-refractivity contribution in [3.8, 4) is 0 Å². The molecule has 0 aromatic carbocycles. The molecule has 4 N–H and O–H groups in total. The topological polar surface area (TPSA) is 80.9 Å². The molecule has 0 aliphatic carbocycles. The molecule has 0 saturated heterocycles. The maximum Gasteiger partial charge on any atom is 0.0536 e. The highest BCUT2D eigenvalue weighted by Gasteiger charge is 1.98. The first-order valence-electron chi connectivity index (χ1n) is 4.12. The molecule has 2 atom stereocenters. The van der Waals surface area contributed by atoms with Crippen LogP contribution < -0.4 is 0 Å². The van der Waals surface area contributed by atoms with E-state index in [2.05, 4.69) is 0 Å². The van der Waals surface area contributed by atoms with E-state index < -0.39 is 0 Å². The zero-order chi connectivity index (χ0) is 9.98. The standard InChI is InChI=1S/C5H12O2.C3H8O2/c1-4(6)3-5(2)7;4-2-1-3-5/h4-7H,3H2,1-2H3;4-5H,1-3H2. The predicted molar refractivity (Wildman–Crippen MR) is 46.8 cm³/mol.